The molecule has 0 atom stereocenters. The normalized spacial score (nSPS) is 11.3. The van der Waals surface area contributed by atoms with Crippen LogP contribution in [0.3, 0.4) is 0 Å². The number of fused-ring (bicyclic) bond motifs is 1. The monoisotopic (exact) mass is 385 g/mol. The summed E-state index contributed by atoms with van der Waals surface area (Å²) < 4.78 is 1.61. The molecule has 4 aromatic rings. The van der Waals surface area contributed by atoms with Crippen molar-refractivity contribution in [2.24, 2.45) is 0 Å². The predicted molar refractivity (Wildman–Crippen MR) is 116 cm³/mol. The minimum Gasteiger partial charge on any atom is -0.268 e. The number of para-hydroxylation sites is 1. The van der Waals surface area contributed by atoms with Crippen molar-refractivity contribution in [2.75, 3.05) is 5.75 Å². The Kier molecular flexibility index (Phi) is 5.35. The van der Waals surface area contributed by atoms with E-state index in [4.69, 9.17) is 4.98 Å². The molecule has 138 valence electrons. The quantitative estimate of drug-likeness (QED) is 0.362. The molecule has 0 aliphatic carbocycles. The SMILES string of the molecule is Cc1ccnc(-n2c(SC/C=C/c3ccccc3)nc3ccccc3c2=O)c1. The number of benzene rings is 2. The molecule has 2 aromatic heterocycles. The Balaban J connectivity index is 1.72. The number of hydrogen-bond donors (Lipinski definition) is 0. The van der Waals surface area contributed by atoms with Gasteiger partial charge in [-0.15, -0.1) is 0 Å². The Morgan fingerprint density at radius 3 is 2.64 bits per heavy atom. The second-order valence-corrected chi connectivity index (χ2v) is 7.35. The fraction of sp³-hybridized carbons (Fsp3) is 0.0870. The van der Waals surface area contributed by atoms with Crippen LogP contribution >= 0.6 is 11.8 Å². The van der Waals surface area contributed by atoms with Gasteiger partial charge in [-0.25, -0.2) is 14.5 Å². The summed E-state index contributed by atoms with van der Waals surface area (Å²) in [4.78, 5) is 22.3. The highest BCUT2D eigenvalue weighted by Crippen LogP contribution is 2.21. The van der Waals surface area contributed by atoms with E-state index in [0.29, 0.717) is 27.6 Å². The maximum atomic E-state index is 13.2. The molecule has 2 aromatic carbocycles. The molecule has 0 aliphatic rings. The van der Waals surface area contributed by atoms with Gasteiger partial charge in [-0.2, -0.15) is 0 Å². The average molecular weight is 385 g/mol. The van der Waals surface area contributed by atoms with Crippen molar-refractivity contribution in [1.29, 1.82) is 0 Å². The van der Waals surface area contributed by atoms with E-state index in [9.17, 15) is 4.79 Å². The van der Waals surface area contributed by atoms with E-state index in [-0.39, 0.29) is 5.56 Å². The van der Waals surface area contributed by atoms with Crippen molar-refractivity contribution in [1.82, 2.24) is 14.5 Å². The first-order valence-corrected chi connectivity index (χ1v) is 10.0. The van der Waals surface area contributed by atoms with Crippen LogP contribution in [-0.2, 0) is 0 Å². The van der Waals surface area contributed by atoms with Gasteiger partial charge in [0.15, 0.2) is 5.16 Å². The molecule has 0 unspecified atom stereocenters. The highest BCUT2D eigenvalue weighted by Gasteiger charge is 2.13. The summed E-state index contributed by atoms with van der Waals surface area (Å²) in [6, 6.07) is 21.4. The highest BCUT2D eigenvalue weighted by atomic mass is 32.2. The lowest BCUT2D eigenvalue weighted by molar-refractivity contribution is 0.795. The van der Waals surface area contributed by atoms with Crippen LogP contribution < -0.4 is 5.56 Å². The zero-order valence-electron chi connectivity index (χ0n) is 15.4. The molecule has 0 saturated carbocycles. The predicted octanol–water partition coefficient (Wildman–Crippen LogP) is 4.89. The van der Waals surface area contributed by atoms with Gasteiger partial charge in [0.1, 0.15) is 5.82 Å². The van der Waals surface area contributed by atoms with Gasteiger partial charge < -0.3 is 0 Å². The van der Waals surface area contributed by atoms with Gasteiger partial charge in [-0.3, -0.25) is 4.79 Å². The molecule has 4 rings (SSSR count). The molecule has 0 fully saturated rings. The van der Waals surface area contributed by atoms with Gasteiger partial charge in [0.25, 0.3) is 5.56 Å². The Morgan fingerprint density at radius 2 is 1.82 bits per heavy atom. The van der Waals surface area contributed by atoms with E-state index in [1.807, 2.05) is 55.5 Å². The van der Waals surface area contributed by atoms with Gasteiger partial charge in [-0.05, 0) is 42.3 Å². The Bertz CT molecular complexity index is 1200. The Morgan fingerprint density at radius 1 is 1.04 bits per heavy atom. The fourth-order valence-corrected chi connectivity index (χ4v) is 3.73. The smallest absolute Gasteiger partial charge is 0.267 e. The highest BCUT2D eigenvalue weighted by molar-refractivity contribution is 7.99. The van der Waals surface area contributed by atoms with Crippen LogP contribution in [0.5, 0.6) is 0 Å². The topological polar surface area (TPSA) is 47.8 Å². The minimum absolute atomic E-state index is 0.0989. The van der Waals surface area contributed by atoms with Crippen molar-refractivity contribution in [3.8, 4) is 5.82 Å². The van der Waals surface area contributed by atoms with Gasteiger partial charge in [0, 0.05) is 11.9 Å². The largest absolute Gasteiger partial charge is 0.268 e. The van der Waals surface area contributed by atoms with E-state index in [0.717, 1.165) is 11.1 Å². The minimum atomic E-state index is -0.0989. The third kappa shape index (κ3) is 3.89. The van der Waals surface area contributed by atoms with Crippen molar-refractivity contribution < 1.29 is 0 Å². The first-order chi connectivity index (χ1) is 13.7. The van der Waals surface area contributed by atoms with Crippen molar-refractivity contribution in [2.45, 2.75) is 12.1 Å². The first kappa shape index (κ1) is 18.2. The number of nitrogens with zero attached hydrogens (tertiary/aromatic N) is 3. The van der Waals surface area contributed by atoms with Crippen LogP contribution in [0.2, 0.25) is 0 Å². The summed E-state index contributed by atoms with van der Waals surface area (Å²) in [6.07, 6.45) is 5.87. The van der Waals surface area contributed by atoms with E-state index >= 15 is 0 Å². The number of pyridine rings is 1. The molecule has 0 amide bonds. The van der Waals surface area contributed by atoms with E-state index < -0.39 is 0 Å². The lowest BCUT2D eigenvalue weighted by Gasteiger charge is -2.12. The molecule has 0 bridgehead atoms. The van der Waals surface area contributed by atoms with E-state index in [2.05, 4.69) is 29.3 Å². The summed E-state index contributed by atoms with van der Waals surface area (Å²) in [5.41, 5.74) is 2.79. The molecule has 0 radical (unpaired) electrons. The lowest BCUT2D eigenvalue weighted by atomic mass is 10.2. The maximum absolute atomic E-state index is 13.2. The molecular weight excluding hydrogens is 366 g/mol. The summed E-state index contributed by atoms with van der Waals surface area (Å²) in [5, 5.41) is 1.23. The Hall–Kier alpha value is -3.18. The Labute approximate surface area is 167 Å². The van der Waals surface area contributed by atoms with Crippen LogP contribution in [-0.4, -0.2) is 20.3 Å². The van der Waals surface area contributed by atoms with Crippen LogP contribution in [0.1, 0.15) is 11.1 Å². The third-order valence-corrected chi connectivity index (χ3v) is 5.18. The molecule has 0 spiro atoms. The van der Waals surface area contributed by atoms with Crippen LogP contribution in [0.4, 0.5) is 0 Å². The number of rotatable bonds is 5. The van der Waals surface area contributed by atoms with Crippen LogP contribution in [0.25, 0.3) is 22.8 Å². The number of thioether (sulfide) groups is 1. The maximum Gasteiger partial charge on any atom is 0.267 e. The summed E-state index contributed by atoms with van der Waals surface area (Å²) in [6.45, 7) is 1.99. The summed E-state index contributed by atoms with van der Waals surface area (Å²) in [5.74, 6) is 1.30. The van der Waals surface area contributed by atoms with Gasteiger partial charge in [0.05, 0.1) is 10.9 Å². The zero-order chi connectivity index (χ0) is 19.3. The number of aromatic nitrogens is 3. The molecule has 2 heterocycles. The molecule has 0 saturated heterocycles. The third-order valence-electron chi connectivity index (χ3n) is 4.29. The van der Waals surface area contributed by atoms with Crippen LogP contribution in [0, 0.1) is 6.92 Å². The first-order valence-electron chi connectivity index (χ1n) is 9.01. The van der Waals surface area contributed by atoms with Gasteiger partial charge in [-0.1, -0.05) is 66.4 Å². The van der Waals surface area contributed by atoms with Crippen molar-refractivity contribution in [3.05, 3.63) is 100 Å². The summed E-state index contributed by atoms with van der Waals surface area (Å²) in [7, 11) is 0. The van der Waals surface area contributed by atoms with Crippen molar-refractivity contribution >= 4 is 28.7 Å². The molecular formula is C23H19N3OS. The second-order valence-electron chi connectivity index (χ2n) is 6.37. The number of hydrogen-bond acceptors (Lipinski definition) is 4. The molecule has 4 nitrogen and oxygen atoms in total. The second kappa shape index (κ2) is 8.23. The van der Waals surface area contributed by atoms with Crippen LogP contribution in [0.15, 0.2) is 89.0 Å². The zero-order valence-corrected chi connectivity index (χ0v) is 16.3. The van der Waals surface area contributed by atoms with Crippen molar-refractivity contribution in [3.63, 3.8) is 0 Å². The van der Waals surface area contributed by atoms with E-state index in [1.54, 1.807) is 16.8 Å². The fourth-order valence-electron chi connectivity index (χ4n) is 2.92. The van der Waals surface area contributed by atoms with Gasteiger partial charge >= 0.3 is 0 Å². The molecule has 0 aliphatic heterocycles. The van der Waals surface area contributed by atoms with E-state index in [1.165, 1.54) is 11.8 Å². The molecule has 28 heavy (non-hydrogen) atoms. The average Bonchev–Trinajstić information content (AvgIpc) is 2.72. The lowest BCUT2D eigenvalue weighted by Crippen LogP contribution is -2.22. The van der Waals surface area contributed by atoms with Gasteiger partial charge in [0.2, 0.25) is 0 Å². The molecule has 5 heteroatoms. The molecule has 0 N–H and O–H groups in total. The summed E-state index contributed by atoms with van der Waals surface area (Å²) >= 11 is 1.52. The standard InChI is InChI=1S/C23H19N3OS/c1-17-13-14-24-21(16-17)26-22(27)19-11-5-6-12-20(19)25-23(26)28-15-7-10-18-8-3-2-4-9-18/h2-14,16H,15H2,1H3/b10-7+. The number of aryl methyl sites for hydroxylation is 1.